The van der Waals surface area contributed by atoms with Crippen LogP contribution in [-0.2, 0) is 16.5 Å². The van der Waals surface area contributed by atoms with Gasteiger partial charge in [0, 0.05) is 11.1 Å². The number of rotatable bonds is 7. The molecule has 0 atom stereocenters. The summed E-state index contributed by atoms with van der Waals surface area (Å²) in [4.78, 5) is -0.521. The average molecular weight is 332 g/mol. The highest BCUT2D eigenvalue weighted by Gasteiger charge is 2.33. The predicted molar refractivity (Wildman–Crippen MR) is 83.7 cm³/mol. The molecule has 0 spiro atoms. The molecule has 7 heteroatoms. The van der Waals surface area contributed by atoms with Crippen LogP contribution in [0.3, 0.4) is 0 Å². The molecule has 126 valence electrons. The smallest absolute Gasteiger partial charge is 0.298 e. The minimum absolute atomic E-state index is 0.0154. The normalized spacial score (nSPS) is 11.8. The van der Waals surface area contributed by atoms with Gasteiger partial charge in [0.15, 0.2) is 11.5 Å². The van der Waals surface area contributed by atoms with Crippen LogP contribution in [0, 0.1) is 0 Å². The van der Waals surface area contributed by atoms with Gasteiger partial charge in [-0.3, -0.25) is 4.55 Å². The highest BCUT2D eigenvalue weighted by Crippen LogP contribution is 2.49. The summed E-state index contributed by atoms with van der Waals surface area (Å²) in [5, 5.41) is 10.4. The fraction of sp³-hybridized carbons (Fsp3) is 0.600. The summed E-state index contributed by atoms with van der Waals surface area (Å²) in [7, 11) is -1.86. The number of methoxy groups -OCH3 is 2. The Kier molecular flexibility index (Phi) is 6.08. The number of ether oxygens (including phenoxy) is 2. The summed E-state index contributed by atoms with van der Waals surface area (Å²) in [5.74, 6) is -0.376. The van der Waals surface area contributed by atoms with Crippen molar-refractivity contribution in [2.75, 3.05) is 14.2 Å². The van der Waals surface area contributed by atoms with Crippen LogP contribution in [0.25, 0.3) is 0 Å². The van der Waals surface area contributed by atoms with E-state index in [0.29, 0.717) is 36.1 Å². The van der Waals surface area contributed by atoms with E-state index in [1.165, 1.54) is 14.2 Å². The van der Waals surface area contributed by atoms with Gasteiger partial charge in [-0.05, 0) is 25.2 Å². The molecule has 2 N–H and O–H groups in total. The Balaban J connectivity index is 4.04. The van der Waals surface area contributed by atoms with Crippen LogP contribution in [0.1, 0.15) is 50.7 Å². The van der Waals surface area contributed by atoms with Gasteiger partial charge in [-0.25, -0.2) is 0 Å². The van der Waals surface area contributed by atoms with Crippen molar-refractivity contribution in [1.29, 1.82) is 0 Å². The zero-order chi connectivity index (χ0) is 17.1. The Labute approximate surface area is 131 Å². The summed E-state index contributed by atoms with van der Waals surface area (Å²) < 4.78 is 43.8. The second-order valence-corrected chi connectivity index (χ2v) is 6.34. The molecule has 0 saturated heterocycles. The summed E-state index contributed by atoms with van der Waals surface area (Å²) in [6.07, 6.45) is 1.77. The second kappa shape index (κ2) is 7.19. The molecule has 0 fully saturated rings. The van der Waals surface area contributed by atoms with Crippen molar-refractivity contribution in [3.8, 4) is 17.2 Å². The van der Waals surface area contributed by atoms with E-state index in [1.54, 1.807) is 0 Å². The second-order valence-electron chi connectivity index (χ2n) is 4.98. The fourth-order valence-electron chi connectivity index (χ4n) is 2.85. The van der Waals surface area contributed by atoms with Crippen molar-refractivity contribution in [3.05, 3.63) is 11.1 Å². The Morgan fingerprint density at radius 3 is 1.86 bits per heavy atom. The van der Waals surface area contributed by atoms with Crippen LogP contribution in [0.5, 0.6) is 17.2 Å². The van der Waals surface area contributed by atoms with Crippen LogP contribution in [0.2, 0.25) is 0 Å². The van der Waals surface area contributed by atoms with Crippen LogP contribution < -0.4 is 9.47 Å². The lowest BCUT2D eigenvalue weighted by Crippen LogP contribution is -2.12. The van der Waals surface area contributed by atoms with Crippen LogP contribution in [0.4, 0.5) is 0 Å². The van der Waals surface area contributed by atoms with Crippen molar-refractivity contribution < 1.29 is 27.6 Å². The molecule has 0 aliphatic carbocycles. The molecule has 0 heterocycles. The summed E-state index contributed by atoms with van der Waals surface area (Å²) in [6, 6.07) is 0. The van der Waals surface area contributed by atoms with E-state index in [1.807, 2.05) is 20.8 Å². The van der Waals surface area contributed by atoms with Crippen molar-refractivity contribution in [2.24, 2.45) is 0 Å². The first-order valence-corrected chi connectivity index (χ1v) is 8.69. The van der Waals surface area contributed by atoms with Crippen molar-refractivity contribution in [2.45, 2.75) is 50.8 Å². The van der Waals surface area contributed by atoms with E-state index in [-0.39, 0.29) is 11.7 Å². The third-order valence-electron chi connectivity index (χ3n) is 3.88. The maximum atomic E-state index is 11.8. The number of hydrogen-bond acceptors (Lipinski definition) is 5. The standard InChI is InChI=1S/C15H24O6S/c1-6-9(7-2)11-13(20-4)10(8-3)14(21-5)12(16)15(11)22(17,18)19/h9,16H,6-8H2,1-5H3,(H,17,18,19). The molecule has 0 unspecified atom stereocenters. The van der Waals surface area contributed by atoms with Gasteiger partial charge < -0.3 is 14.6 Å². The fourth-order valence-corrected chi connectivity index (χ4v) is 3.72. The molecule has 0 aliphatic heterocycles. The maximum Gasteiger partial charge on any atom is 0.298 e. The zero-order valence-corrected chi connectivity index (χ0v) is 14.5. The van der Waals surface area contributed by atoms with Gasteiger partial charge in [0.2, 0.25) is 0 Å². The topological polar surface area (TPSA) is 93.1 Å². The number of phenols is 1. The van der Waals surface area contributed by atoms with E-state index in [9.17, 15) is 18.1 Å². The highest BCUT2D eigenvalue weighted by molar-refractivity contribution is 7.86. The highest BCUT2D eigenvalue weighted by atomic mass is 32.2. The first-order valence-electron chi connectivity index (χ1n) is 7.25. The summed E-state index contributed by atoms with van der Waals surface area (Å²) in [5.41, 5.74) is 0.891. The first-order chi connectivity index (χ1) is 10.3. The summed E-state index contributed by atoms with van der Waals surface area (Å²) in [6.45, 7) is 5.67. The van der Waals surface area contributed by atoms with Crippen molar-refractivity contribution in [3.63, 3.8) is 0 Å². The Morgan fingerprint density at radius 2 is 1.55 bits per heavy atom. The van der Waals surface area contributed by atoms with Gasteiger partial charge in [-0.15, -0.1) is 0 Å². The molecular weight excluding hydrogens is 308 g/mol. The molecule has 1 aromatic rings. The lowest BCUT2D eigenvalue weighted by molar-refractivity contribution is 0.342. The van der Waals surface area contributed by atoms with Crippen LogP contribution in [0.15, 0.2) is 4.90 Å². The quantitative estimate of drug-likeness (QED) is 0.745. The van der Waals surface area contributed by atoms with E-state index in [2.05, 4.69) is 0 Å². The molecule has 22 heavy (non-hydrogen) atoms. The molecule has 0 saturated carbocycles. The van der Waals surface area contributed by atoms with Gasteiger partial charge in [0.1, 0.15) is 10.6 Å². The Morgan fingerprint density at radius 1 is 1.05 bits per heavy atom. The Bertz CT molecular complexity index is 632. The number of phenolic OH excluding ortho intramolecular Hbond substituents is 1. The number of benzene rings is 1. The maximum absolute atomic E-state index is 11.8. The van der Waals surface area contributed by atoms with E-state index < -0.39 is 20.8 Å². The van der Waals surface area contributed by atoms with Gasteiger partial charge in [-0.2, -0.15) is 8.42 Å². The van der Waals surface area contributed by atoms with E-state index in [0.717, 1.165) is 0 Å². The molecule has 6 nitrogen and oxygen atoms in total. The van der Waals surface area contributed by atoms with Crippen molar-refractivity contribution in [1.82, 2.24) is 0 Å². The largest absolute Gasteiger partial charge is 0.503 e. The average Bonchev–Trinajstić information content (AvgIpc) is 2.46. The lowest BCUT2D eigenvalue weighted by atomic mass is 9.90. The van der Waals surface area contributed by atoms with Gasteiger partial charge >= 0.3 is 0 Å². The molecule has 0 aliphatic rings. The molecule has 1 aromatic carbocycles. The minimum Gasteiger partial charge on any atom is -0.503 e. The van der Waals surface area contributed by atoms with Crippen LogP contribution >= 0.6 is 0 Å². The van der Waals surface area contributed by atoms with E-state index in [4.69, 9.17) is 9.47 Å². The number of aromatic hydroxyl groups is 1. The van der Waals surface area contributed by atoms with Crippen molar-refractivity contribution >= 4 is 10.1 Å². The molecule has 1 rings (SSSR count). The van der Waals surface area contributed by atoms with Crippen LogP contribution in [-0.4, -0.2) is 32.3 Å². The molecule has 0 bridgehead atoms. The molecular formula is C15H24O6S. The van der Waals surface area contributed by atoms with Gasteiger partial charge in [-0.1, -0.05) is 20.8 Å². The van der Waals surface area contributed by atoms with Gasteiger partial charge in [0.05, 0.1) is 14.2 Å². The molecule has 0 radical (unpaired) electrons. The Hall–Kier alpha value is -1.47. The zero-order valence-electron chi connectivity index (χ0n) is 13.6. The third kappa shape index (κ3) is 3.15. The predicted octanol–water partition coefficient (Wildman–Crippen LogP) is 3.12. The number of hydrogen-bond donors (Lipinski definition) is 2. The third-order valence-corrected chi connectivity index (χ3v) is 4.81. The first kappa shape index (κ1) is 18.6. The molecule has 0 amide bonds. The van der Waals surface area contributed by atoms with E-state index >= 15 is 0 Å². The minimum atomic E-state index is -4.63. The molecule has 0 aromatic heterocycles. The lowest BCUT2D eigenvalue weighted by Gasteiger charge is -2.24. The summed E-state index contributed by atoms with van der Waals surface area (Å²) >= 11 is 0. The SMILES string of the molecule is CCc1c(OC)c(O)c(S(=O)(=O)O)c(C(CC)CC)c1OC. The monoisotopic (exact) mass is 332 g/mol. The van der Waals surface area contributed by atoms with Gasteiger partial charge in [0.25, 0.3) is 10.1 Å².